The number of carbonyl (C=O) groups is 1. The smallest absolute Gasteiger partial charge is 0.256 e. The van der Waals surface area contributed by atoms with Gasteiger partial charge in [0.15, 0.2) is 0 Å². The lowest BCUT2D eigenvalue weighted by atomic mass is 10.2. The molecule has 0 atom stereocenters. The van der Waals surface area contributed by atoms with Gasteiger partial charge in [0.05, 0.1) is 16.9 Å². The Morgan fingerprint density at radius 1 is 1.18 bits per heavy atom. The van der Waals surface area contributed by atoms with E-state index in [0.29, 0.717) is 29.4 Å². The van der Waals surface area contributed by atoms with Gasteiger partial charge < -0.3 is 9.88 Å². The van der Waals surface area contributed by atoms with E-state index >= 15 is 0 Å². The summed E-state index contributed by atoms with van der Waals surface area (Å²) in [6.45, 7) is 3.22. The summed E-state index contributed by atoms with van der Waals surface area (Å²) in [5, 5.41) is 16.3. The van der Waals surface area contributed by atoms with Crippen LogP contribution < -0.4 is 5.32 Å². The molecule has 8 heteroatoms. The van der Waals surface area contributed by atoms with Crippen molar-refractivity contribution < 1.29 is 4.79 Å². The van der Waals surface area contributed by atoms with Crippen LogP contribution in [0.25, 0.3) is 5.69 Å². The van der Waals surface area contributed by atoms with Gasteiger partial charge in [0.2, 0.25) is 0 Å². The number of para-hydroxylation sites is 1. The number of rotatable bonds is 5. The Bertz CT molecular complexity index is 978. The van der Waals surface area contributed by atoms with Crippen LogP contribution in [0.5, 0.6) is 0 Å². The first-order valence-electron chi connectivity index (χ1n) is 9.65. The van der Waals surface area contributed by atoms with E-state index in [1.165, 1.54) is 6.42 Å². The van der Waals surface area contributed by atoms with Crippen molar-refractivity contribution in [1.29, 1.82) is 0 Å². The fourth-order valence-corrected chi connectivity index (χ4v) is 3.96. The number of benzene rings is 1. The Kier molecular flexibility index (Phi) is 5.43. The van der Waals surface area contributed by atoms with Gasteiger partial charge in [-0.25, -0.2) is 4.68 Å². The van der Waals surface area contributed by atoms with Crippen LogP contribution in [0.15, 0.2) is 30.3 Å². The Hall–Kier alpha value is -2.67. The second kappa shape index (κ2) is 8.14. The third-order valence-corrected chi connectivity index (χ3v) is 5.40. The molecule has 0 saturated carbocycles. The number of carbonyl (C=O) groups excluding carboxylic acids is 1. The van der Waals surface area contributed by atoms with Crippen molar-refractivity contribution in [2.75, 3.05) is 6.54 Å². The lowest BCUT2D eigenvalue weighted by Crippen LogP contribution is -2.27. The van der Waals surface area contributed by atoms with Crippen LogP contribution in [0.2, 0.25) is 5.15 Å². The predicted octanol–water partition coefficient (Wildman–Crippen LogP) is 3.12. The molecule has 3 aromatic rings. The lowest BCUT2D eigenvalue weighted by Gasteiger charge is -2.08. The molecule has 28 heavy (non-hydrogen) atoms. The van der Waals surface area contributed by atoms with Gasteiger partial charge in [-0.1, -0.05) is 36.2 Å². The molecule has 1 aliphatic rings. The first-order valence-corrected chi connectivity index (χ1v) is 10.0. The summed E-state index contributed by atoms with van der Waals surface area (Å²) >= 11 is 6.46. The number of aromatic nitrogens is 5. The Balaban J connectivity index is 1.44. The summed E-state index contributed by atoms with van der Waals surface area (Å²) in [5.41, 5.74) is 1.83. The third-order valence-electron chi connectivity index (χ3n) is 5.05. The molecule has 0 fully saturated rings. The van der Waals surface area contributed by atoms with Crippen molar-refractivity contribution in [1.82, 2.24) is 29.9 Å². The maximum Gasteiger partial charge on any atom is 0.256 e. The van der Waals surface area contributed by atoms with Gasteiger partial charge in [-0.15, -0.1) is 10.2 Å². The SMILES string of the molecule is Cc1nn(-c2ccccc2)c(Cl)c1C(=O)NCCc1nnc2n1CCCCC2. The maximum atomic E-state index is 12.7. The van der Waals surface area contributed by atoms with Crippen molar-refractivity contribution >= 4 is 17.5 Å². The second-order valence-electron chi connectivity index (χ2n) is 7.00. The summed E-state index contributed by atoms with van der Waals surface area (Å²) in [7, 11) is 0. The van der Waals surface area contributed by atoms with Crippen LogP contribution in [-0.4, -0.2) is 37.0 Å². The van der Waals surface area contributed by atoms with Crippen LogP contribution in [0.1, 0.15) is 47.0 Å². The average Bonchev–Trinajstić information content (AvgIpc) is 3.12. The molecule has 4 rings (SSSR count). The van der Waals surface area contributed by atoms with Crippen LogP contribution in [0.4, 0.5) is 0 Å². The zero-order chi connectivity index (χ0) is 19.5. The van der Waals surface area contributed by atoms with Crippen LogP contribution in [0, 0.1) is 6.92 Å². The second-order valence-corrected chi connectivity index (χ2v) is 7.36. The van der Waals surface area contributed by atoms with E-state index in [2.05, 4.69) is 25.2 Å². The number of aryl methyl sites for hydroxylation is 2. The Morgan fingerprint density at radius 2 is 2.00 bits per heavy atom. The number of halogens is 1. The van der Waals surface area contributed by atoms with Gasteiger partial charge in [-0.2, -0.15) is 5.10 Å². The summed E-state index contributed by atoms with van der Waals surface area (Å²) in [4.78, 5) is 12.7. The summed E-state index contributed by atoms with van der Waals surface area (Å²) in [6, 6.07) is 9.54. The first kappa shape index (κ1) is 18.7. The van der Waals surface area contributed by atoms with E-state index < -0.39 is 0 Å². The minimum absolute atomic E-state index is 0.222. The highest BCUT2D eigenvalue weighted by Crippen LogP contribution is 2.23. The molecule has 0 bridgehead atoms. The zero-order valence-electron chi connectivity index (χ0n) is 15.9. The topological polar surface area (TPSA) is 77.6 Å². The third kappa shape index (κ3) is 3.67. The Morgan fingerprint density at radius 3 is 2.82 bits per heavy atom. The number of hydrogen-bond acceptors (Lipinski definition) is 4. The van der Waals surface area contributed by atoms with E-state index in [1.54, 1.807) is 11.6 Å². The molecule has 0 radical (unpaired) electrons. The molecular weight excluding hydrogens is 376 g/mol. The van der Waals surface area contributed by atoms with E-state index in [-0.39, 0.29) is 5.91 Å². The standard InChI is InChI=1S/C20H23ClN6O/c1-14-18(19(21)27(25-14)15-8-4-2-5-9-15)20(28)22-12-11-17-24-23-16-10-6-3-7-13-26(16)17/h2,4-5,8-9H,3,6-7,10-13H2,1H3,(H,22,28). The maximum absolute atomic E-state index is 12.7. The molecule has 1 amide bonds. The summed E-state index contributed by atoms with van der Waals surface area (Å²) in [6.07, 6.45) is 5.16. The summed E-state index contributed by atoms with van der Waals surface area (Å²) in [5.74, 6) is 1.77. The molecule has 146 valence electrons. The highest BCUT2D eigenvalue weighted by atomic mass is 35.5. The number of nitrogens with zero attached hydrogens (tertiary/aromatic N) is 5. The van der Waals surface area contributed by atoms with Crippen molar-refractivity contribution in [3.8, 4) is 5.69 Å². The average molecular weight is 399 g/mol. The van der Waals surface area contributed by atoms with Crippen molar-refractivity contribution in [3.63, 3.8) is 0 Å². The number of amides is 1. The molecule has 0 unspecified atom stereocenters. The lowest BCUT2D eigenvalue weighted by molar-refractivity contribution is 0.0953. The molecular formula is C20H23ClN6O. The zero-order valence-corrected chi connectivity index (χ0v) is 16.6. The van der Waals surface area contributed by atoms with E-state index in [4.69, 9.17) is 11.6 Å². The molecule has 1 aromatic carbocycles. The Labute approximate surface area is 168 Å². The minimum Gasteiger partial charge on any atom is -0.351 e. The fraction of sp³-hybridized carbons (Fsp3) is 0.400. The first-order chi connectivity index (χ1) is 13.6. The molecule has 2 aromatic heterocycles. The van der Waals surface area contributed by atoms with Gasteiger partial charge in [0.1, 0.15) is 16.8 Å². The highest BCUT2D eigenvalue weighted by molar-refractivity contribution is 6.33. The quantitative estimate of drug-likeness (QED) is 0.716. The number of nitrogens with one attached hydrogen (secondary N) is 1. The molecule has 7 nitrogen and oxygen atoms in total. The van der Waals surface area contributed by atoms with Gasteiger partial charge >= 0.3 is 0 Å². The van der Waals surface area contributed by atoms with Gasteiger partial charge in [0, 0.05) is 25.9 Å². The summed E-state index contributed by atoms with van der Waals surface area (Å²) < 4.78 is 3.79. The van der Waals surface area contributed by atoms with Gasteiger partial charge in [-0.05, 0) is 31.9 Å². The fourth-order valence-electron chi connectivity index (χ4n) is 3.60. The number of fused-ring (bicyclic) bond motifs is 1. The van der Waals surface area contributed by atoms with E-state index in [1.807, 2.05) is 30.3 Å². The molecule has 1 aliphatic heterocycles. The van der Waals surface area contributed by atoms with Crippen molar-refractivity contribution in [2.45, 2.75) is 45.6 Å². The number of hydrogen-bond donors (Lipinski definition) is 1. The molecule has 0 saturated heterocycles. The van der Waals surface area contributed by atoms with Gasteiger partial charge in [0.25, 0.3) is 5.91 Å². The van der Waals surface area contributed by atoms with E-state index in [0.717, 1.165) is 43.1 Å². The van der Waals surface area contributed by atoms with Crippen LogP contribution in [-0.2, 0) is 19.4 Å². The molecule has 0 aliphatic carbocycles. The molecule has 0 spiro atoms. The van der Waals surface area contributed by atoms with Crippen molar-refractivity contribution in [3.05, 3.63) is 58.4 Å². The predicted molar refractivity (Wildman–Crippen MR) is 107 cm³/mol. The molecule has 1 N–H and O–H groups in total. The highest BCUT2D eigenvalue weighted by Gasteiger charge is 2.21. The normalized spacial score (nSPS) is 13.8. The largest absolute Gasteiger partial charge is 0.351 e. The van der Waals surface area contributed by atoms with E-state index in [9.17, 15) is 4.79 Å². The minimum atomic E-state index is -0.222. The van der Waals surface area contributed by atoms with Crippen molar-refractivity contribution in [2.24, 2.45) is 0 Å². The van der Waals surface area contributed by atoms with Crippen LogP contribution >= 0.6 is 11.6 Å². The molecule has 3 heterocycles. The monoisotopic (exact) mass is 398 g/mol. The van der Waals surface area contributed by atoms with Crippen LogP contribution in [0.3, 0.4) is 0 Å². The van der Waals surface area contributed by atoms with Gasteiger partial charge in [-0.3, -0.25) is 4.79 Å².